The Labute approximate surface area is 119 Å². The van der Waals surface area contributed by atoms with E-state index in [1.165, 1.54) is 25.9 Å². The van der Waals surface area contributed by atoms with Crippen LogP contribution < -0.4 is 9.64 Å². The van der Waals surface area contributed by atoms with Gasteiger partial charge in [-0.2, -0.15) is 0 Å². The third kappa shape index (κ3) is 3.12. The van der Waals surface area contributed by atoms with E-state index in [0.717, 1.165) is 17.9 Å². The molecule has 0 aliphatic carbocycles. The van der Waals surface area contributed by atoms with Crippen LogP contribution in [0.3, 0.4) is 0 Å². The summed E-state index contributed by atoms with van der Waals surface area (Å²) in [7, 11) is 0. The van der Waals surface area contributed by atoms with Crippen molar-refractivity contribution in [3.8, 4) is 5.75 Å². The SMILES string of the molecule is Cc1cccc(OCC(=O)O[C@@H]2C[NH+]3CCC2CC3)c1. The first-order valence-corrected chi connectivity index (χ1v) is 7.43. The molecule has 3 aliphatic rings. The Kier molecular flexibility index (Phi) is 3.92. The fourth-order valence-corrected chi connectivity index (χ4v) is 3.26. The van der Waals surface area contributed by atoms with Gasteiger partial charge in [-0.3, -0.25) is 0 Å². The third-order valence-electron chi connectivity index (χ3n) is 4.38. The van der Waals surface area contributed by atoms with Gasteiger partial charge in [-0.25, -0.2) is 4.79 Å². The normalized spacial score (nSPS) is 28.1. The summed E-state index contributed by atoms with van der Waals surface area (Å²) in [5.74, 6) is 1.04. The number of rotatable bonds is 4. The minimum absolute atomic E-state index is 0.00199. The number of aryl methyl sites for hydroxylation is 1. The fourth-order valence-electron chi connectivity index (χ4n) is 3.26. The highest BCUT2D eigenvalue weighted by molar-refractivity contribution is 5.71. The lowest BCUT2D eigenvalue weighted by atomic mass is 9.86. The standard InChI is InChI=1S/C16H21NO3/c1-12-3-2-4-14(9-12)19-11-16(18)20-15-10-17-7-5-13(15)6-8-17/h2-4,9,13,15H,5-8,10-11H2,1H3/p+1/t15-/m1/s1. The van der Waals surface area contributed by atoms with Crippen LogP contribution in [0.5, 0.6) is 5.75 Å². The molecule has 2 bridgehead atoms. The molecule has 20 heavy (non-hydrogen) atoms. The summed E-state index contributed by atoms with van der Waals surface area (Å²) >= 11 is 0. The summed E-state index contributed by atoms with van der Waals surface area (Å²) in [4.78, 5) is 13.5. The zero-order valence-electron chi connectivity index (χ0n) is 11.9. The summed E-state index contributed by atoms with van der Waals surface area (Å²) in [5.41, 5.74) is 1.12. The summed E-state index contributed by atoms with van der Waals surface area (Å²) in [5, 5.41) is 0. The molecule has 3 saturated heterocycles. The monoisotopic (exact) mass is 276 g/mol. The van der Waals surface area contributed by atoms with Crippen molar-refractivity contribution in [3.63, 3.8) is 0 Å². The Morgan fingerprint density at radius 1 is 1.35 bits per heavy atom. The second kappa shape index (κ2) is 5.83. The number of benzene rings is 1. The molecule has 0 radical (unpaired) electrons. The Morgan fingerprint density at radius 3 is 2.80 bits per heavy atom. The van der Waals surface area contributed by atoms with Gasteiger partial charge in [0, 0.05) is 18.8 Å². The molecule has 3 heterocycles. The number of esters is 1. The van der Waals surface area contributed by atoms with Crippen LogP contribution in [0.2, 0.25) is 0 Å². The number of hydrogen-bond donors (Lipinski definition) is 1. The van der Waals surface area contributed by atoms with E-state index in [4.69, 9.17) is 9.47 Å². The summed E-state index contributed by atoms with van der Waals surface area (Å²) in [6.45, 7) is 5.45. The topological polar surface area (TPSA) is 40.0 Å². The molecule has 1 aromatic rings. The molecular weight excluding hydrogens is 254 g/mol. The number of carbonyl (C=O) groups excluding carboxylic acids is 1. The van der Waals surface area contributed by atoms with Crippen LogP contribution in [0.4, 0.5) is 0 Å². The molecule has 4 rings (SSSR count). The molecular formula is C16H22NO3+. The van der Waals surface area contributed by atoms with Gasteiger partial charge in [0.1, 0.15) is 12.3 Å². The van der Waals surface area contributed by atoms with Gasteiger partial charge in [0.25, 0.3) is 0 Å². The Bertz CT molecular complexity index is 480. The average molecular weight is 276 g/mol. The molecule has 0 aromatic heterocycles. The minimum Gasteiger partial charge on any atom is -0.482 e. The maximum atomic E-state index is 11.9. The molecule has 1 N–H and O–H groups in total. The summed E-state index contributed by atoms with van der Waals surface area (Å²) < 4.78 is 11.1. The van der Waals surface area contributed by atoms with Gasteiger partial charge in [-0.15, -0.1) is 0 Å². The number of hydrogen-bond acceptors (Lipinski definition) is 3. The second-order valence-electron chi connectivity index (χ2n) is 5.93. The van der Waals surface area contributed by atoms with E-state index in [2.05, 4.69) is 0 Å². The van der Waals surface area contributed by atoms with Crippen LogP contribution in [-0.2, 0) is 9.53 Å². The first-order chi connectivity index (χ1) is 9.70. The smallest absolute Gasteiger partial charge is 0.344 e. The van der Waals surface area contributed by atoms with E-state index in [1.807, 2.05) is 31.2 Å². The second-order valence-corrected chi connectivity index (χ2v) is 5.93. The van der Waals surface area contributed by atoms with Gasteiger partial charge in [0.2, 0.25) is 0 Å². The van der Waals surface area contributed by atoms with Crippen molar-refractivity contribution in [2.45, 2.75) is 25.9 Å². The van der Waals surface area contributed by atoms with Crippen LogP contribution in [0.15, 0.2) is 24.3 Å². The van der Waals surface area contributed by atoms with Crippen molar-refractivity contribution in [3.05, 3.63) is 29.8 Å². The van der Waals surface area contributed by atoms with Crippen LogP contribution in [-0.4, -0.2) is 38.3 Å². The van der Waals surface area contributed by atoms with Gasteiger partial charge in [0.05, 0.1) is 13.1 Å². The maximum Gasteiger partial charge on any atom is 0.344 e. The highest BCUT2D eigenvalue weighted by Crippen LogP contribution is 2.21. The van der Waals surface area contributed by atoms with E-state index in [0.29, 0.717) is 5.92 Å². The van der Waals surface area contributed by atoms with Crippen LogP contribution >= 0.6 is 0 Å². The highest BCUT2D eigenvalue weighted by atomic mass is 16.6. The molecule has 108 valence electrons. The first-order valence-electron chi connectivity index (χ1n) is 7.43. The van der Waals surface area contributed by atoms with Gasteiger partial charge in [-0.1, -0.05) is 12.1 Å². The molecule has 0 saturated carbocycles. The molecule has 1 atom stereocenters. The van der Waals surface area contributed by atoms with Gasteiger partial charge in [-0.05, 0) is 24.6 Å². The van der Waals surface area contributed by atoms with Crippen molar-refractivity contribution in [1.82, 2.24) is 0 Å². The molecule has 4 heteroatoms. The molecule has 0 spiro atoms. The molecule has 0 unspecified atom stereocenters. The fraction of sp³-hybridized carbons (Fsp3) is 0.562. The zero-order chi connectivity index (χ0) is 13.9. The largest absolute Gasteiger partial charge is 0.482 e. The zero-order valence-corrected chi connectivity index (χ0v) is 11.9. The van der Waals surface area contributed by atoms with E-state index in [1.54, 1.807) is 4.90 Å². The molecule has 3 fully saturated rings. The Balaban J connectivity index is 1.48. The quantitative estimate of drug-likeness (QED) is 0.819. The number of ether oxygens (including phenoxy) is 2. The number of carbonyl (C=O) groups is 1. The predicted octanol–water partition coefficient (Wildman–Crippen LogP) is 0.594. The van der Waals surface area contributed by atoms with E-state index < -0.39 is 0 Å². The van der Waals surface area contributed by atoms with E-state index >= 15 is 0 Å². The lowest BCUT2D eigenvalue weighted by Gasteiger charge is -2.41. The average Bonchev–Trinajstić information content (AvgIpc) is 2.46. The predicted molar refractivity (Wildman–Crippen MR) is 74.8 cm³/mol. The van der Waals surface area contributed by atoms with Crippen molar-refractivity contribution in [2.24, 2.45) is 5.92 Å². The van der Waals surface area contributed by atoms with E-state index in [9.17, 15) is 4.79 Å². The van der Waals surface area contributed by atoms with Gasteiger partial charge < -0.3 is 14.4 Å². The molecule has 0 amide bonds. The number of piperidine rings is 3. The number of fused-ring (bicyclic) bond motifs is 3. The van der Waals surface area contributed by atoms with Crippen molar-refractivity contribution < 1.29 is 19.2 Å². The highest BCUT2D eigenvalue weighted by Gasteiger charge is 2.39. The third-order valence-corrected chi connectivity index (χ3v) is 4.38. The number of nitrogens with one attached hydrogen (secondary N) is 1. The minimum atomic E-state index is -0.246. The van der Waals surface area contributed by atoms with Crippen molar-refractivity contribution in [1.29, 1.82) is 0 Å². The lowest BCUT2D eigenvalue weighted by molar-refractivity contribution is -0.920. The molecule has 1 aromatic carbocycles. The first kappa shape index (κ1) is 13.4. The van der Waals surface area contributed by atoms with E-state index in [-0.39, 0.29) is 18.7 Å². The Hall–Kier alpha value is -1.55. The summed E-state index contributed by atoms with van der Waals surface area (Å²) in [6, 6.07) is 7.71. The van der Waals surface area contributed by atoms with Gasteiger partial charge in [0.15, 0.2) is 12.7 Å². The van der Waals surface area contributed by atoms with Gasteiger partial charge >= 0.3 is 5.97 Å². The summed E-state index contributed by atoms with van der Waals surface area (Å²) in [6.07, 6.45) is 2.47. The van der Waals surface area contributed by atoms with Crippen LogP contribution in [0, 0.1) is 12.8 Å². The van der Waals surface area contributed by atoms with Crippen molar-refractivity contribution in [2.75, 3.05) is 26.2 Å². The molecule has 4 nitrogen and oxygen atoms in total. The Morgan fingerprint density at radius 2 is 2.15 bits per heavy atom. The number of quaternary nitrogens is 1. The van der Waals surface area contributed by atoms with Crippen LogP contribution in [0.1, 0.15) is 18.4 Å². The molecule has 3 aliphatic heterocycles. The van der Waals surface area contributed by atoms with Crippen molar-refractivity contribution >= 4 is 5.97 Å². The maximum absolute atomic E-state index is 11.9. The lowest BCUT2D eigenvalue weighted by Crippen LogP contribution is -3.16. The van der Waals surface area contributed by atoms with Crippen LogP contribution in [0.25, 0.3) is 0 Å².